The Hall–Kier alpha value is -0.970. The van der Waals surface area contributed by atoms with Crippen LogP contribution in [-0.2, 0) is 0 Å². The SMILES string of the molecule is CN(C)CCN(C)C(CN)c1ccccc1F. The minimum atomic E-state index is -0.181. The van der Waals surface area contributed by atoms with Crippen molar-refractivity contribution in [3.63, 3.8) is 0 Å². The van der Waals surface area contributed by atoms with Gasteiger partial charge in [0.2, 0.25) is 0 Å². The zero-order valence-electron chi connectivity index (χ0n) is 10.9. The van der Waals surface area contributed by atoms with Crippen LogP contribution < -0.4 is 5.73 Å². The number of benzene rings is 1. The highest BCUT2D eigenvalue weighted by atomic mass is 19.1. The lowest BCUT2D eigenvalue weighted by molar-refractivity contribution is 0.219. The normalized spacial score (nSPS) is 13.4. The van der Waals surface area contributed by atoms with Crippen LogP contribution in [0, 0.1) is 5.82 Å². The van der Waals surface area contributed by atoms with Crippen LogP contribution in [0.4, 0.5) is 4.39 Å². The van der Waals surface area contributed by atoms with Crippen LogP contribution in [0.25, 0.3) is 0 Å². The largest absolute Gasteiger partial charge is 0.329 e. The molecule has 1 aromatic carbocycles. The van der Waals surface area contributed by atoms with E-state index >= 15 is 0 Å². The molecule has 0 aromatic heterocycles. The van der Waals surface area contributed by atoms with Crippen molar-refractivity contribution >= 4 is 0 Å². The quantitative estimate of drug-likeness (QED) is 0.812. The van der Waals surface area contributed by atoms with Crippen LogP contribution in [-0.4, -0.2) is 50.6 Å². The van der Waals surface area contributed by atoms with E-state index in [9.17, 15) is 4.39 Å². The molecule has 1 rings (SSSR count). The molecule has 0 spiro atoms. The van der Waals surface area contributed by atoms with Gasteiger partial charge in [0.25, 0.3) is 0 Å². The fourth-order valence-corrected chi connectivity index (χ4v) is 1.80. The fraction of sp³-hybridized carbons (Fsp3) is 0.538. The van der Waals surface area contributed by atoms with Gasteiger partial charge < -0.3 is 10.6 Å². The van der Waals surface area contributed by atoms with E-state index in [0.29, 0.717) is 12.1 Å². The molecule has 0 saturated heterocycles. The average Bonchev–Trinajstić information content (AvgIpc) is 2.30. The lowest BCUT2D eigenvalue weighted by atomic mass is 10.1. The van der Waals surface area contributed by atoms with Gasteiger partial charge in [-0.1, -0.05) is 18.2 Å². The summed E-state index contributed by atoms with van der Waals surface area (Å²) in [5.41, 5.74) is 6.44. The minimum Gasteiger partial charge on any atom is -0.329 e. The zero-order chi connectivity index (χ0) is 12.8. The third-order valence-corrected chi connectivity index (χ3v) is 2.92. The Labute approximate surface area is 103 Å². The molecule has 96 valence electrons. The number of halogens is 1. The molecule has 2 N–H and O–H groups in total. The lowest BCUT2D eigenvalue weighted by Crippen LogP contribution is -2.35. The van der Waals surface area contributed by atoms with Gasteiger partial charge in [0.05, 0.1) is 0 Å². The number of hydrogen-bond acceptors (Lipinski definition) is 3. The second kappa shape index (κ2) is 6.69. The molecule has 1 atom stereocenters. The van der Waals surface area contributed by atoms with Gasteiger partial charge in [0, 0.05) is 31.2 Å². The van der Waals surface area contributed by atoms with Gasteiger partial charge in [-0.25, -0.2) is 4.39 Å². The average molecular weight is 239 g/mol. The van der Waals surface area contributed by atoms with Crippen LogP contribution in [0.5, 0.6) is 0 Å². The molecule has 1 unspecified atom stereocenters. The molecule has 0 heterocycles. The van der Waals surface area contributed by atoms with Crippen molar-refractivity contribution in [1.29, 1.82) is 0 Å². The number of likely N-dealkylation sites (N-methyl/N-ethyl adjacent to an activating group) is 2. The summed E-state index contributed by atoms with van der Waals surface area (Å²) in [7, 11) is 6.02. The molecule has 4 heteroatoms. The Morgan fingerprint density at radius 3 is 2.35 bits per heavy atom. The maximum atomic E-state index is 13.7. The van der Waals surface area contributed by atoms with Crippen molar-refractivity contribution < 1.29 is 4.39 Å². The van der Waals surface area contributed by atoms with Crippen molar-refractivity contribution in [2.75, 3.05) is 40.8 Å². The van der Waals surface area contributed by atoms with Crippen LogP contribution in [0.2, 0.25) is 0 Å². The standard InChI is InChI=1S/C13H22FN3/c1-16(2)8-9-17(3)13(10-15)11-6-4-5-7-12(11)14/h4-7,13H,8-10,15H2,1-3H3. The molecular weight excluding hydrogens is 217 g/mol. The van der Waals surface area contributed by atoms with E-state index in [0.717, 1.165) is 13.1 Å². The maximum Gasteiger partial charge on any atom is 0.128 e. The van der Waals surface area contributed by atoms with Crippen molar-refractivity contribution in [2.24, 2.45) is 5.73 Å². The highest BCUT2D eigenvalue weighted by Gasteiger charge is 2.18. The van der Waals surface area contributed by atoms with Gasteiger partial charge in [0.1, 0.15) is 5.82 Å². The van der Waals surface area contributed by atoms with Crippen LogP contribution >= 0.6 is 0 Å². The molecule has 0 amide bonds. The number of rotatable bonds is 6. The third-order valence-electron chi connectivity index (χ3n) is 2.92. The number of hydrogen-bond donors (Lipinski definition) is 1. The lowest BCUT2D eigenvalue weighted by Gasteiger charge is -2.28. The van der Waals surface area contributed by atoms with Crippen molar-refractivity contribution in [3.8, 4) is 0 Å². The van der Waals surface area contributed by atoms with Crippen LogP contribution in [0.15, 0.2) is 24.3 Å². The fourth-order valence-electron chi connectivity index (χ4n) is 1.80. The van der Waals surface area contributed by atoms with Gasteiger partial charge in [-0.2, -0.15) is 0 Å². The molecule has 0 bridgehead atoms. The summed E-state index contributed by atoms with van der Waals surface area (Å²) in [6, 6.07) is 6.78. The molecular formula is C13H22FN3. The Bertz CT molecular complexity index is 341. The first-order valence-electron chi connectivity index (χ1n) is 5.85. The summed E-state index contributed by atoms with van der Waals surface area (Å²) >= 11 is 0. The Morgan fingerprint density at radius 2 is 1.82 bits per heavy atom. The van der Waals surface area contributed by atoms with E-state index in [2.05, 4.69) is 9.80 Å². The summed E-state index contributed by atoms with van der Waals surface area (Å²) in [4.78, 5) is 4.20. The Kier molecular flexibility index (Phi) is 5.55. The van der Waals surface area contributed by atoms with E-state index in [1.54, 1.807) is 12.1 Å². The van der Waals surface area contributed by atoms with Crippen molar-refractivity contribution in [2.45, 2.75) is 6.04 Å². The smallest absolute Gasteiger partial charge is 0.128 e. The third kappa shape index (κ3) is 4.07. The molecule has 17 heavy (non-hydrogen) atoms. The van der Waals surface area contributed by atoms with E-state index < -0.39 is 0 Å². The summed E-state index contributed by atoms with van der Waals surface area (Å²) in [6.45, 7) is 2.22. The number of nitrogens with two attached hydrogens (primary N) is 1. The monoisotopic (exact) mass is 239 g/mol. The summed E-state index contributed by atoms with van der Waals surface area (Å²) in [5, 5.41) is 0. The van der Waals surface area contributed by atoms with E-state index in [1.807, 2.05) is 27.2 Å². The zero-order valence-corrected chi connectivity index (χ0v) is 10.9. The topological polar surface area (TPSA) is 32.5 Å². The van der Waals surface area contributed by atoms with Gasteiger partial charge in [-0.05, 0) is 27.2 Å². The maximum absolute atomic E-state index is 13.7. The molecule has 0 aliphatic heterocycles. The van der Waals surface area contributed by atoms with Gasteiger partial charge >= 0.3 is 0 Å². The molecule has 0 saturated carbocycles. The van der Waals surface area contributed by atoms with Gasteiger partial charge in [-0.3, -0.25) is 4.90 Å². The van der Waals surface area contributed by atoms with Gasteiger partial charge in [0.15, 0.2) is 0 Å². The number of nitrogens with zero attached hydrogens (tertiary/aromatic N) is 2. The molecule has 1 aromatic rings. The summed E-state index contributed by atoms with van der Waals surface area (Å²) < 4.78 is 13.7. The summed E-state index contributed by atoms with van der Waals surface area (Å²) in [5.74, 6) is -0.181. The first-order chi connectivity index (χ1) is 8.06. The Balaban J connectivity index is 2.74. The first-order valence-corrected chi connectivity index (χ1v) is 5.85. The van der Waals surface area contributed by atoms with Crippen LogP contribution in [0.3, 0.4) is 0 Å². The van der Waals surface area contributed by atoms with E-state index in [4.69, 9.17) is 5.73 Å². The van der Waals surface area contributed by atoms with E-state index in [-0.39, 0.29) is 11.9 Å². The van der Waals surface area contributed by atoms with E-state index in [1.165, 1.54) is 6.07 Å². The first kappa shape index (κ1) is 14.1. The second-order valence-electron chi connectivity index (χ2n) is 4.56. The predicted octanol–water partition coefficient (Wildman–Crippen LogP) is 1.32. The molecule has 0 radical (unpaired) electrons. The molecule has 3 nitrogen and oxygen atoms in total. The minimum absolute atomic E-state index is 0.0591. The molecule has 0 aliphatic rings. The predicted molar refractivity (Wildman–Crippen MR) is 69.4 cm³/mol. The van der Waals surface area contributed by atoms with Crippen LogP contribution in [0.1, 0.15) is 11.6 Å². The highest BCUT2D eigenvalue weighted by molar-refractivity contribution is 5.21. The summed E-state index contributed by atoms with van der Waals surface area (Å²) in [6.07, 6.45) is 0. The molecule has 0 aliphatic carbocycles. The molecule has 0 fully saturated rings. The van der Waals surface area contributed by atoms with Crippen molar-refractivity contribution in [3.05, 3.63) is 35.6 Å². The van der Waals surface area contributed by atoms with Gasteiger partial charge in [-0.15, -0.1) is 0 Å². The second-order valence-corrected chi connectivity index (χ2v) is 4.56. The van der Waals surface area contributed by atoms with Crippen molar-refractivity contribution in [1.82, 2.24) is 9.80 Å². The highest BCUT2D eigenvalue weighted by Crippen LogP contribution is 2.20. The Morgan fingerprint density at radius 1 is 1.18 bits per heavy atom.